The summed E-state index contributed by atoms with van der Waals surface area (Å²) < 4.78 is 34.6. The van der Waals surface area contributed by atoms with E-state index in [0.29, 0.717) is 17.3 Å². The van der Waals surface area contributed by atoms with Gasteiger partial charge in [-0.3, -0.25) is 0 Å². The summed E-state index contributed by atoms with van der Waals surface area (Å²) in [6.07, 6.45) is 4.25. The fraction of sp³-hybridized carbons (Fsp3) is 0.412. The molecule has 0 radical (unpaired) electrons. The van der Waals surface area contributed by atoms with Crippen LogP contribution in [-0.2, 0) is 21.8 Å². The molecule has 154 valence electrons. The molecule has 1 unspecified atom stereocenters. The zero-order valence-corrected chi connectivity index (χ0v) is 17.9. The maximum atomic E-state index is 12.9. The first-order chi connectivity index (χ1) is 13.8. The summed E-state index contributed by atoms with van der Waals surface area (Å²) in [6, 6.07) is 1.77. The molecule has 4 rings (SSSR count). The van der Waals surface area contributed by atoms with Crippen molar-refractivity contribution in [1.29, 1.82) is 0 Å². The van der Waals surface area contributed by atoms with Crippen molar-refractivity contribution in [2.45, 2.75) is 25.0 Å². The Morgan fingerprint density at radius 2 is 2.10 bits per heavy atom. The molecule has 1 atom stereocenters. The fourth-order valence-corrected chi connectivity index (χ4v) is 5.08. The van der Waals surface area contributed by atoms with Crippen molar-refractivity contribution in [3.63, 3.8) is 0 Å². The van der Waals surface area contributed by atoms with E-state index in [1.165, 1.54) is 28.2 Å². The summed E-state index contributed by atoms with van der Waals surface area (Å²) in [4.78, 5) is 18.2. The predicted molar refractivity (Wildman–Crippen MR) is 108 cm³/mol. The van der Waals surface area contributed by atoms with Crippen LogP contribution in [0, 0.1) is 13.8 Å². The molecule has 10 nitrogen and oxygen atoms in total. The molecule has 3 aromatic rings. The summed E-state index contributed by atoms with van der Waals surface area (Å²) in [5.74, 6) is 1.15. The Kier molecular flexibility index (Phi) is 5.34. The molecular formula is C17H21N7O3S2. The van der Waals surface area contributed by atoms with Crippen molar-refractivity contribution < 1.29 is 13.2 Å². The number of morpholine rings is 1. The van der Waals surface area contributed by atoms with E-state index in [1.54, 1.807) is 30.8 Å². The molecule has 0 bridgehead atoms. The van der Waals surface area contributed by atoms with Gasteiger partial charge < -0.3 is 14.6 Å². The summed E-state index contributed by atoms with van der Waals surface area (Å²) >= 11 is 1.52. The van der Waals surface area contributed by atoms with Crippen LogP contribution in [0.1, 0.15) is 22.5 Å². The highest BCUT2D eigenvalue weighted by molar-refractivity contribution is 7.89. The highest BCUT2D eigenvalue weighted by atomic mass is 32.2. The first-order valence-corrected chi connectivity index (χ1v) is 11.2. The monoisotopic (exact) mass is 435 g/mol. The lowest BCUT2D eigenvalue weighted by Gasteiger charge is -2.31. The Hall–Kier alpha value is -2.41. The van der Waals surface area contributed by atoms with Gasteiger partial charge in [0, 0.05) is 43.5 Å². The lowest BCUT2D eigenvalue weighted by Crippen LogP contribution is -2.42. The molecule has 0 aliphatic carbocycles. The first-order valence-electron chi connectivity index (χ1n) is 8.96. The van der Waals surface area contributed by atoms with Crippen molar-refractivity contribution in [1.82, 2.24) is 28.8 Å². The smallest absolute Gasteiger partial charge is 0.262 e. The lowest BCUT2D eigenvalue weighted by atomic mass is 10.2. The molecule has 1 aliphatic heterocycles. The van der Waals surface area contributed by atoms with Crippen LogP contribution in [0.4, 0.5) is 10.9 Å². The zero-order valence-electron chi connectivity index (χ0n) is 16.2. The number of rotatable bonds is 5. The van der Waals surface area contributed by atoms with Gasteiger partial charge >= 0.3 is 0 Å². The molecule has 29 heavy (non-hydrogen) atoms. The van der Waals surface area contributed by atoms with Crippen LogP contribution in [0.3, 0.4) is 0 Å². The molecule has 1 fully saturated rings. The van der Waals surface area contributed by atoms with E-state index in [1.807, 2.05) is 6.92 Å². The summed E-state index contributed by atoms with van der Waals surface area (Å²) in [5, 5.41) is 3.93. The molecule has 0 saturated carbocycles. The fourth-order valence-electron chi connectivity index (χ4n) is 3.02. The van der Waals surface area contributed by atoms with Crippen LogP contribution in [0.25, 0.3) is 0 Å². The summed E-state index contributed by atoms with van der Waals surface area (Å²) in [5.41, 5.74) is 0.620. The van der Waals surface area contributed by atoms with E-state index in [-0.39, 0.29) is 24.7 Å². The standard InChI is InChI=1S/C17H21N7O3S2/c1-11-7-18-17(28-11)22-15-6-13(20-12(2)21-15)14-8-24(4-5-27-14)29(25,26)16-9-23(3)10-19-16/h6-7,9-10,14H,4-5,8H2,1-3H3,(H,18,20,21,22). The predicted octanol–water partition coefficient (Wildman–Crippen LogP) is 1.79. The number of hydrogen-bond donors (Lipinski definition) is 1. The molecule has 3 aromatic heterocycles. The van der Waals surface area contributed by atoms with Crippen molar-refractivity contribution in [2.75, 3.05) is 25.0 Å². The van der Waals surface area contributed by atoms with E-state index in [2.05, 4.69) is 25.3 Å². The van der Waals surface area contributed by atoms with E-state index in [9.17, 15) is 8.42 Å². The third kappa shape index (κ3) is 4.29. The van der Waals surface area contributed by atoms with Crippen LogP contribution in [0.5, 0.6) is 0 Å². The Balaban J connectivity index is 1.56. The van der Waals surface area contributed by atoms with Crippen molar-refractivity contribution in [2.24, 2.45) is 7.05 Å². The van der Waals surface area contributed by atoms with Gasteiger partial charge in [0.25, 0.3) is 10.0 Å². The molecule has 12 heteroatoms. The quantitative estimate of drug-likeness (QED) is 0.645. The second-order valence-corrected chi connectivity index (χ2v) is 9.85. The van der Waals surface area contributed by atoms with E-state index in [4.69, 9.17) is 4.74 Å². The topological polar surface area (TPSA) is 115 Å². The largest absolute Gasteiger partial charge is 0.369 e. The van der Waals surface area contributed by atoms with E-state index >= 15 is 0 Å². The Morgan fingerprint density at radius 1 is 1.28 bits per heavy atom. The first kappa shape index (κ1) is 19.9. The van der Waals surface area contributed by atoms with Gasteiger partial charge in [0.1, 0.15) is 17.7 Å². The second kappa shape index (κ2) is 7.78. The van der Waals surface area contributed by atoms with Crippen LogP contribution in [0.15, 0.2) is 29.8 Å². The molecule has 1 aliphatic rings. The van der Waals surface area contributed by atoms with Gasteiger partial charge in [0.2, 0.25) is 0 Å². The molecular weight excluding hydrogens is 414 g/mol. The molecule has 1 N–H and O–H groups in total. The van der Waals surface area contributed by atoms with E-state index < -0.39 is 16.1 Å². The Labute approximate surface area is 172 Å². The van der Waals surface area contributed by atoms with Gasteiger partial charge in [-0.05, 0) is 13.8 Å². The summed E-state index contributed by atoms with van der Waals surface area (Å²) in [6.45, 7) is 4.46. The normalized spacial score (nSPS) is 18.1. The number of nitrogens with zero attached hydrogens (tertiary/aromatic N) is 6. The number of thiazole rings is 1. The molecule has 0 amide bonds. The van der Waals surface area contributed by atoms with Crippen LogP contribution < -0.4 is 5.32 Å². The van der Waals surface area contributed by atoms with Crippen LogP contribution >= 0.6 is 11.3 Å². The molecule has 0 aromatic carbocycles. The summed E-state index contributed by atoms with van der Waals surface area (Å²) in [7, 11) is -1.96. The lowest BCUT2D eigenvalue weighted by molar-refractivity contribution is -0.00511. The number of aryl methyl sites for hydroxylation is 3. The van der Waals surface area contributed by atoms with Crippen LogP contribution in [0.2, 0.25) is 0 Å². The Morgan fingerprint density at radius 3 is 2.79 bits per heavy atom. The zero-order chi connectivity index (χ0) is 20.6. The number of hydrogen-bond acceptors (Lipinski definition) is 9. The molecule has 1 saturated heterocycles. The van der Waals surface area contributed by atoms with Gasteiger partial charge in [0.05, 0.1) is 18.6 Å². The van der Waals surface area contributed by atoms with Crippen molar-refractivity contribution in [3.05, 3.63) is 41.2 Å². The third-order valence-corrected chi connectivity index (χ3v) is 6.94. The minimum atomic E-state index is -3.69. The number of anilines is 2. The van der Waals surface area contributed by atoms with Crippen molar-refractivity contribution >= 4 is 32.3 Å². The van der Waals surface area contributed by atoms with Gasteiger partial charge in [-0.25, -0.2) is 28.4 Å². The highest BCUT2D eigenvalue weighted by Crippen LogP contribution is 2.27. The van der Waals surface area contributed by atoms with Crippen LogP contribution in [-0.4, -0.2) is 56.9 Å². The molecule has 0 spiro atoms. The third-order valence-electron chi connectivity index (χ3n) is 4.36. The van der Waals surface area contributed by atoms with Gasteiger partial charge in [-0.1, -0.05) is 0 Å². The molecule has 4 heterocycles. The second-order valence-electron chi connectivity index (χ2n) is 6.73. The van der Waals surface area contributed by atoms with Crippen molar-refractivity contribution in [3.8, 4) is 0 Å². The van der Waals surface area contributed by atoms with Gasteiger partial charge in [-0.15, -0.1) is 11.3 Å². The minimum Gasteiger partial charge on any atom is -0.369 e. The number of ether oxygens (including phenoxy) is 1. The highest BCUT2D eigenvalue weighted by Gasteiger charge is 2.33. The van der Waals surface area contributed by atoms with Gasteiger partial charge in [-0.2, -0.15) is 4.31 Å². The Bertz CT molecular complexity index is 1130. The maximum Gasteiger partial charge on any atom is 0.262 e. The average Bonchev–Trinajstić information content (AvgIpc) is 3.30. The number of aromatic nitrogens is 5. The number of sulfonamides is 1. The minimum absolute atomic E-state index is 0.0287. The van der Waals surface area contributed by atoms with E-state index in [0.717, 1.165) is 10.0 Å². The maximum absolute atomic E-state index is 12.9. The average molecular weight is 436 g/mol. The number of nitrogens with one attached hydrogen (secondary N) is 1. The SMILES string of the molecule is Cc1nc(Nc2ncc(C)s2)cc(C2CN(S(=O)(=O)c3cn(C)cn3)CCO2)n1. The number of imidazole rings is 1. The van der Waals surface area contributed by atoms with Gasteiger partial charge in [0.15, 0.2) is 10.2 Å².